The number of hydrogen-bond acceptors (Lipinski definition) is 0. The van der Waals surface area contributed by atoms with Crippen molar-refractivity contribution in [3.8, 4) is 0 Å². The van der Waals surface area contributed by atoms with Crippen LogP contribution in [0.4, 0.5) is 0 Å². The SMILES string of the molecule is C[C](=[Ti+2])C(Cl)Cl. The summed E-state index contributed by atoms with van der Waals surface area (Å²) in [6.07, 6.45) is 0. The van der Waals surface area contributed by atoms with E-state index in [4.69, 9.17) is 23.2 Å². The van der Waals surface area contributed by atoms with Gasteiger partial charge in [0.2, 0.25) is 0 Å². The Balaban J connectivity index is 3.26. The third-order valence-corrected chi connectivity index (χ3v) is 2.00. The van der Waals surface area contributed by atoms with Gasteiger partial charge in [-0.05, 0) is 0 Å². The summed E-state index contributed by atoms with van der Waals surface area (Å²) in [5, 5.41) is 0. The average molecular weight is 159 g/mol. The maximum absolute atomic E-state index is 5.34. The second-order valence-electron chi connectivity index (χ2n) is 0.984. The van der Waals surface area contributed by atoms with Crippen LogP contribution in [-0.2, 0) is 20.0 Å². The van der Waals surface area contributed by atoms with Crippen LogP contribution in [0.1, 0.15) is 6.92 Å². The molecule has 0 rings (SSSR count). The van der Waals surface area contributed by atoms with E-state index >= 15 is 0 Å². The van der Waals surface area contributed by atoms with Crippen molar-refractivity contribution in [1.29, 1.82) is 0 Å². The molecule has 0 heterocycles. The molecule has 6 heavy (non-hydrogen) atoms. The van der Waals surface area contributed by atoms with Crippen LogP contribution in [0.5, 0.6) is 0 Å². The van der Waals surface area contributed by atoms with E-state index in [1.807, 2.05) is 26.9 Å². The molecule has 0 aliphatic heterocycles. The second-order valence-corrected chi connectivity index (χ2v) is 3.31. The summed E-state index contributed by atoms with van der Waals surface area (Å²) in [7, 11) is 0. The van der Waals surface area contributed by atoms with Crippen LogP contribution < -0.4 is 0 Å². The van der Waals surface area contributed by atoms with Crippen molar-refractivity contribution >= 4 is 27.0 Å². The Morgan fingerprint density at radius 2 is 1.83 bits per heavy atom. The maximum atomic E-state index is 5.34. The zero-order chi connectivity index (χ0) is 5.15. The van der Waals surface area contributed by atoms with Gasteiger partial charge in [-0.2, -0.15) is 0 Å². The molecule has 0 unspecified atom stereocenters. The van der Waals surface area contributed by atoms with Crippen molar-refractivity contribution in [3.05, 3.63) is 0 Å². The fourth-order valence-electron chi connectivity index (χ4n) is 0. The van der Waals surface area contributed by atoms with Crippen molar-refractivity contribution in [1.82, 2.24) is 0 Å². The summed E-state index contributed by atoms with van der Waals surface area (Å²) in [5.41, 5.74) is 0. The summed E-state index contributed by atoms with van der Waals surface area (Å²) >= 11 is 12.6. The van der Waals surface area contributed by atoms with E-state index < -0.39 is 0 Å². The quantitative estimate of drug-likeness (QED) is 0.401. The molecule has 0 aromatic rings. The molecule has 0 bridgehead atoms. The third kappa shape index (κ3) is 3.36. The average Bonchev–Trinajstić information content (AvgIpc) is 1.36. The van der Waals surface area contributed by atoms with Gasteiger partial charge < -0.3 is 0 Å². The van der Waals surface area contributed by atoms with Crippen LogP contribution in [0.15, 0.2) is 0 Å². The molecule has 0 aromatic carbocycles. The van der Waals surface area contributed by atoms with Gasteiger partial charge >= 0.3 is 58.7 Å². The standard InChI is InChI=1S/C3H4Cl2.Ti/c1-2-3(4)5;/h3H,1H3;/q;+2. The van der Waals surface area contributed by atoms with Gasteiger partial charge in [-0.15, -0.1) is 0 Å². The molecule has 0 saturated carbocycles. The Hall–Kier alpha value is 1.16. The van der Waals surface area contributed by atoms with E-state index in [2.05, 4.69) is 0 Å². The Kier molecular flexibility index (Phi) is 3.82. The Labute approximate surface area is 58.7 Å². The van der Waals surface area contributed by atoms with E-state index in [1.54, 1.807) is 0 Å². The molecule has 0 amide bonds. The fraction of sp³-hybridized carbons (Fsp3) is 0.667. The van der Waals surface area contributed by atoms with E-state index in [-0.39, 0.29) is 4.84 Å². The molecule has 0 N–H and O–H groups in total. The molecular formula is C3H4Cl2Ti+2. The van der Waals surface area contributed by atoms with Gasteiger partial charge in [0.05, 0.1) is 0 Å². The van der Waals surface area contributed by atoms with Gasteiger partial charge in [0.25, 0.3) is 0 Å². The van der Waals surface area contributed by atoms with E-state index in [0.29, 0.717) is 0 Å². The van der Waals surface area contributed by atoms with Gasteiger partial charge in [0.15, 0.2) is 0 Å². The molecule has 32 valence electrons. The summed E-state index contributed by atoms with van der Waals surface area (Å²) in [6, 6.07) is 0. The molecule has 0 radical (unpaired) electrons. The summed E-state index contributed by atoms with van der Waals surface area (Å²) in [5.74, 6) is 0. The Bertz CT molecular complexity index is 59.8. The molecule has 0 atom stereocenters. The first-order chi connectivity index (χ1) is 2.64. The first kappa shape index (κ1) is 7.16. The van der Waals surface area contributed by atoms with Crippen molar-refractivity contribution in [2.75, 3.05) is 0 Å². The van der Waals surface area contributed by atoms with Gasteiger partial charge in [-0.25, -0.2) is 0 Å². The van der Waals surface area contributed by atoms with Crippen LogP contribution in [0.25, 0.3) is 0 Å². The van der Waals surface area contributed by atoms with Crippen LogP contribution in [0.3, 0.4) is 0 Å². The zero-order valence-electron chi connectivity index (χ0n) is 3.33. The normalized spacial score (nSPS) is 9.67. The topological polar surface area (TPSA) is 0 Å². The zero-order valence-corrected chi connectivity index (χ0v) is 6.41. The Morgan fingerprint density at radius 1 is 1.67 bits per heavy atom. The predicted molar refractivity (Wildman–Crippen MR) is 26.2 cm³/mol. The van der Waals surface area contributed by atoms with Crippen molar-refractivity contribution < 1.29 is 20.0 Å². The van der Waals surface area contributed by atoms with E-state index in [0.717, 1.165) is 3.81 Å². The van der Waals surface area contributed by atoms with Crippen LogP contribution in [-0.4, -0.2) is 8.65 Å². The monoisotopic (exact) mass is 158 g/mol. The first-order valence-corrected chi connectivity index (χ1v) is 3.13. The van der Waals surface area contributed by atoms with Gasteiger partial charge in [-0.3, -0.25) is 0 Å². The van der Waals surface area contributed by atoms with Gasteiger partial charge in [0, 0.05) is 0 Å². The van der Waals surface area contributed by atoms with Crippen molar-refractivity contribution in [3.63, 3.8) is 0 Å². The molecule has 0 aromatic heterocycles. The molecule has 0 aliphatic carbocycles. The summed E-state index contributed by atoms with van der Waals surface area (Å²) < 4.78 is 1.04. The van der Waals surface area contributed by atoms with Crippen LogP contribution >= 0.6 is 23.2 Å². The van der Waals surface area contributed by atoms with Gasteiger partial charge in [0.1, 0.15) is 0 Å². The number of hydrogen-bond donors (Lipinski definition) is 0. The number of alkyl halides is 2. The molecule has 0 nitrogen and oxygen atoms in total. The van der Waals surface area contributed by atoms with Crippen molar-refractivity contribution in [2.24, 2.45) is 0 Å². The number of halogens is 2. The third-order valence-electron chi connectivity index (χ3n) is 0.327. The molecular weight excluding hydrogens is 155 g/mol. The molecule has 3 heteroatoms. The molecule has 0 fully saturated rings. The minimum atomic E-state index is -0.287. The van der Waals surface area contributed by atoms with Gasteiger partial charge in [-0.1, -0.05) is 0 Å². The fourth-order valence-corrected chi connectivity index (χ4v) is 0. The molecule has 0 aliphatic rings. The summed E-state index contributed by atoms with van der Waals surface area (Å²) in [4.78, 5) is -0.287. The molecule has 0 spiro atoms. The van der Waals surface area contributed by atoms with Crippen LogP contribution in [0.2, 0.25) is 0 Å². The van der Waals surface area contributed by atoms with E-state index in [9.17, 15) is 0 Å². The second kappa shape index (κ2) is 3.20. The predicted octanol–water partition coefficient (Wildman–Crippen LogP) is 1.53. The van der Waals surface area contributed by atoms with Crippen molar-refractivity contribution in [2.45, 2.75) is 11.8 Å². The molecule has 0 saturated heterocycles. The van der Waals surface area contributed by atoms with Crippen LogP contribution in [0, 0.1) is 0 Å². The number of rotatable bonds is 1. The van der Waals surface area contributed by atoms with E-state index in [1.165, 1.54) is 0 Å². The minimum absolute atomic E-state index is 0.287. The first-order valence-electron chi connectivity index (χ1n) is 1.48. The summed E-state index contributed by atoms with van der Waals surface area (Å²) in [6.45, 7) is 1.89. The Morgan fingerprint density at radius 3 is 1.83 bits per heavy atom.